The highest BCUT2D eigenvalue weighted by molar-refractivity contribution is 7.92. The molecule has 0 amide bonds. The van der Waals surface area contributed by atoms with Gasteiger partial charge in [0.05, 0.1) is 12.4 Å². The SMILES string of the molecule is CCC1CN(CCS(=O)(=O)C(F)(F)F)CCN1CCOC. The molecule has 1 atom stereocenters. The van der Waals surface area contributed by atoms with Crippen LogP contribution in [0.4, 0.5) is 13.2 Å². The lowest BCUT2D eigenvalue weighted by Gasteiger charge is -2.41. The zero-order chi connectivity index (χ0) is 16.1. The van der Waals surface area contributed by atoms with Crippen LogP contribution in [0.15, 0.2) is 0 Å². The first kappa shape index (κ1) is 18.7. The summed E-state index contributed by atoms with van der Waals surface area (Å²) in [6.45, 7) is 5.22. The number of sulfone groups is 1. The van der Waals surface area contributed by atoms with Gasteiger partial charge in [-0.2, -0.15) is 13.2 Å². The molecule has 0 saturated carbocycles. The van der Waals surface area contributed by atoms with E-state index in [0.717, 1.165) is 13.0 Å². The van der Waals surface area contributed by atoms with Crippen molar-refractivity contribution in [3.63, 3.8) is 0 Å². The highest BCUT2D eigenvalue weighted by Crippen LogP contribution is 2.24. The van der Waals surface area contributed by atoms with Crippen LogP contribution >= 0.6 is 0 Å². The second-order valence-corrected chi connectivity index (χ2v) is 7.26. The van der Waals surface area contributed by atoms with Gasteiger partial charge in [0.15, 0.2) is 0 Å². The highest BCUT2D eigenvalue weighted by atomic mass is 32.2. The molecule has 0 bridgehead atoms. The Labute approximate surface area is 124 Å². The van der Waals surface area contributed by atoms with Gasteiger partial charge in [0.25, 0.3) is 0 Å². The molecule has 21 heavy (non-hydrogen) atoms. The standard InChI is InChI=1S/C12H23F3N2O3S/c1-3-11-10-16(4-5-17(11)6-8-20-2)7-9-21(18,19)12(13,14)15/h11H,3-10H2,1-2H3. The molecule has 0 N–H and O–H groups in total. The number of halogens is 3. The van der Waals surface area contributed by atoms with Gasteiger partial charge >= 0.3 is 5.51 Å². The number of methoxy groups -OCH3 is 1. The van der Waals surface area contributed by atoms with Crippen LogP contribution in [0.5, 0.6) is 0 Å². The summed E-state index contributed by atoms with van der Waals surface area (Å²) in [5, 5.41) is 0. The van der Waals surface area contributed by atoms with E-state index in [0.29, 0.717) is 26.2 Å². The van der Waals surface area contributed by atoms with Gasteiger partial charge in [-0.1, -0.05) is 6.92 Å². The Bertz CT molecular complexity index is 414. The molecule has 0 aromatic carbocycles. The lowest BCUT2D eigenvalue weighted by atomic mass is 10.1. The minimum atomic E-state index is -5.16. The molecule has 1 aliphatic rings. The largest absolute Gasteiger partial charge is 0.497 e. The van der Waals surface area contributed by atoms with Gasteiger partial charge < -0.3 is 4.74 Å². The van der Waals surface area contributed by atoms with Crippen molar-refractivity contribution in [3.8, 4) is 0 Å². The van der Waals surface area contributed by atoms with E-state index in [1.54, 1.807) is 12.0 Å². The molecule has 1 saturated heterocycles. The third kappa shape index (κ3) is 5.39. The molecule has 0 aromatic heterocycles. The predicted molar refractivity (Wildman–Crippen MR) is 73.8 cm³/mol. The average molecular weight is 332 g/mol. The molecule has 1 unspecified atom stereocenters. The van der Waals surface area contributed by atoms with Gasteiger partial charge in [-0.25, -0.2) is 8.42 Å². The molecule has 1 fully saturated rings. The first-order chi connectivity index (χ1) is 9.71. The Balaban J connectivity index is 2.50. The Morgan fingerprint density at radius 3 is 2.43 bits per heavy atom. The molecule has 0 aliphatic carbocycles. The van der Waals surface area contributed by atoms with Gasteiger partial charge in [-0.05, 0) is 6.42 Å². The maximum Gasteiger partial charge on any atom is 0.497 e. The lowest BCUT2D eigenvalue weighted by Crippen LogP contribution is -2.54. The van der Waals surface area contributed by atoms with E-state index in [1.807, 2.05) is 6.92 Å². The second-order valence-electron chi connectivity index (χ2n) is 5.16. The minimum Gasteiger partial charge on any atom is -0.383 e. The summed E-state index contributed by atoms with van der Waals surface area (Å²) in [5.74, 6) is -0.870. The van der Waals surface area contributed by atoms with Crippen LogP contribution in [0.3, 0.4) is 0 Å². The molecule has 9 heteroatoms. The molecule has 5 nitrogen and oxygen atoms in total. The zero-order valence-corrected chi connectivity index (χ0v) is 13.2. The van der Waals surface area contributed by atoms with E-state index in [4.69, 9.17) is 4.74 Å². The second kappa shape index (κ2) is 7.75. The Kier molecular flexibility index (Phi) is 6.89. The van der Waals surface area contributed by atoms with E-state index in [-0.39, 0.29) is 12.6 Å². The number of hydrogen-bond donors (Lipinski definition) is 0. The molecule has 1 heterocycles. The van der Waals surface area contributed by atoms with Crippen LogP contribution < -0.4 is 0 Å². The van der Waals surface area contributed by atoms with Crippen LogP contribution in [0.2, 0.25) is 0 Å². The normalized spacial score (nSPS) is 22.6. The summed E-state index contributed by atoms with van der Waals surface area (Å²) in [6.07, 6.45) is 0.867. The van der Waals surface area contributed by atoms with Gasteiger partial charge in [0, 0.05) is 45.9 Å². The lowest BCUT2D eigenvalue weighted by molar-refractivity contribution is -0.0438. The van der Waals surface area contributed by atoms with Crippen LogP contribution in [0, 0.1) is 0 Å². The first-order valence-corrected chi connectivity index (χ1v) is 8.61. The van der Waals surface area contributed by atoms with E-state index in [9.17, 15) is 21.6 Å². The Morgan fingerprint density at radius 1 is 1.24 bits per heavy atom. The van der Waals surface area contributed by atoms with Crippen molar-refractivity contribution in [3.05, 3.63) is 0 Å². The minimum absolute atomic E-state index is 0.0730. The maximum atomic E-state index is 12.3. The summed E-state index contributed by atoms with van der Waals surface area (Å²) in [4.78, 5) is 4.03. The fraction of sp³-hybridized carbons (Fsp3) is 1.00. The fourth-order valence-corrected chi connectivity index (χ4v) is 3.15. The van der Waals surface area contributed by atoms with Crippen LogP contribution in [0.25, 0.3) is 0 Å². The van der Waals surface area contributed by atoms with E-state index >= 15 is 0 Å². The summed E-state index contributed by atoms with van der Waals surface area (Å²) >= 11 is 0. The van der Waals surface area contributed by atoms with Gasteiger partial charge in [-0.15, -0.1) is 0 Å². The van der Waals surface area contributed by atoms with E-state index in [2.05, 4.69) is 4.90 Å². The van der Waals surface area contributed by atoms with Gasteiger partial charge in [0.1, 0.15) is 0 Å². The molecule has 0 radical (unpaired) electrons. The van der Waals surface area contributed by atoms with Crippen LogP contribution in [-0.2, 0) is 14.6 Å². The topological polar surface area (TPSA) is 49.9 Å². The number of rotatable bonds is 7. The molecular weight excluding hydrogens is 309 g/mol. The monoisotopic (exact) mass is 332 g/mol. The number of piperazine rings is 1. The van der Waals surface area contributed by atoms with Crippen molar-refractivity contribution in [2.75, 3.05) is 52.2 Å². The predicted octanol–water partition coefficient (Wildman–Crippen LogP) is 0.964. The van der Waals surface area contributed by atoms with Crippen LogP contribution in [0.1, 0.15) is 13.3 Å². The van der Waals surface area contributed by atoms with Crippen LogP contribution in [-0.4, -0.2) is 82.0 Å². The van der Waals surface area contributed by atoms with Crippen molar-refractivity contribution in [2.24, 2.45) is 0 Å². The van der Waals surface area contributed by atoms with Crippen molar-refractivity contribution in [2.45, 2.75) is 24.9 Å². The summed E-state index contributed by atoms with van der Waals surface area (Å²) in [7, 11) is -3.40. The van der Waals surface area contributed by atoms with E-state index < -0.39 is 21.1 Å². The number of hydrogen-bond acceptors (Lipinski definition) is 5. The fourth-order valence-electron chi connectivity index (χ4n) is 2.42. The molecule has 0 aromatic rings. The van der Waals surface area contributed by atoms with Gasteiger partial charge in [-0.3, -0.25) is 9.80 Å². The number of ether oxygens (including phenoxy) is 1. The Hall–Kier alpha value is -0.380. The molecular formula is C12H23F3N2O3S. The average Bonchev–Trinajstić information content (AvgIpc) is 2.42. The van der Waals surface area contributed by atoms with Crippen molar-refractivity contribution < 1.29 is 26.3 Å². The molecule has 0 spiro atoms. The molecule has 1 rings (SSSR count). The quantitative estimate of drug-likeness (QED) is 0.695. The van der Waals surface area contributed by atoms with Crippen molar-refractivity contribution in [1.82, 2.24) is 9.80 Å². The third-order valence-corrected chi connectivity index (χ3v) is 5.20. The Morgan fingerprint density at radius 2 is 1.90 bits per heavy atom. The summed E-state index contributed by atoms with van der Waals surface area (Å²) < 4.78 is 64.1. The summed E-state index contributed by atoms with van der Waals surface area (Å²) in [6, 6.07) is 0.225. The van der Waals surface area contributed by atoms with Crippen molar-refractivity contribution >= 4 is 9.84 Å². The summed E-state index contributed by atoms with van der Waals surface area (Å²) in [5.41, 5.74) is -5.16. The molecule has 1 aliphatic heterocycles. The first-order valence-electron chi connectivity index (χ1n) is 6.95. The van der Waals surface area contributed by atoms with E-state index in [1.165, 1.54) is 0 Å². The maximum absolute atomic E-state index is 12.3. The number of nitrogens with zero attached hydrogens (tertiary/aromatic N) is 2. The molecule has 126 valence electrons. The number of alkyl halides is 3. The highest BCUT2D eigenvalue weighted by Gasteiger charge is 2.45. The van der Waals surface area contributed by atoms with Gasteiger partial charge in [0.2, 0.25) is 9.84 Å². The smallest absolute Gasteiger partial charge is 0.383 e. The zero-order valence-electron chi connectivity index (χ0n) is 12.4. The third-order valence-electron chi connectivity index (χ3n) is 3.77. The van der Waals surface area contributed by atoms with Crippen molar-refractivity contribution in [1.29, 1.82) is 0 Å².